The van der Waals surface area contributed by atoms with E-state index in [1.807, 2.05) is 44.2 Å². The average molecular weight is 327 g/mol. The number of carbonyl (C=O) groups is 1. The predicted molar refractivity (Wildman–Crippen MR) is 96.9 cm³/mol. The first-order valence-electron chi connectivity index (χ1n) is 8.31. The molecule has 5 nitrogen and oxygen atoms in total. The highest BCUT2D eigenvalue weighted by Gasteiger charge is 2.33. The number of amides is 1. The van der Waals surface area contributed by atoms with Crippen molar-refractivity contribution in [1.29, 1.82) is 0 Å². The van der Waals surface area contributed by atoms with Crippen LogP contribution < -0.4 is 16.6 Å². The second-order valence-corrected chi connectivity index (χ2v) is 5.99. The lowest BCUT2D eigenvalue weighted by molar-refractivity contribution is -0.125. The molecule has 0 spiro atoms. The highest BCUT2D eigenvalue weighted by molar-refractivity contribution is 5.95. The molecule has 1 amide bonds. The summed E-state index contributed by atoms with van der Waals surface area (Å²) >= 11 is 0. The number of carbonyl (C=O) groups excluding carboxylic acids is 1. The fourth-order valence-corrected chi connectivity index (χ4v) is 2.74. The van der Waals surface area contributed by atoms with Crippen molar-refractivity contribution >= 4 is 11.6 Å². The molecule has 0 saturated heterocycles. The van der Waals surface area contributed by atoms with Gasteiger partial charge in [-0.15, -0.1) is 0 Å². The summed E-state index contributed by atoms with van der Waals surface area (Å²) in [5.41, 5.74) is 6.28. The minimum Gasteiger partial charge on any atom is -0.329 e. The fraction of sp³-hybridized carbons (Fsp3) is 0.368. The van der Waals surface area contributed by atoms with Crippen LogP contribution in [0.1, 0.15) is 32.3 Å². The van der Waals surface area contributed by atoms with Gasteiger partial charge in [0.1, 0.15) is 5.69 Å². The van der Waals surface area contributed by atoms with Gasteiger partial charge >= 0.3 is 0 Å². The van der Waals surface area contributed by atoms with Crippen molar-refractivity contribution in [3.05, 3.63) is 64.6 Å². The van der Waals surface area contributed by atoms with E-state index in [4.69, 9.17) is 5.73 Å². The number of nitrogens with two attached hydrogens (primary N) is 1. The number of aromatic nitrogens is 1. The van der Waals surface area contributed by atoms with Gasteiger partial charge in [-0.2, -0.15) is 0 Å². The van der Waals surface area contributed by atoms with Crippen LogP contribution in [0.5, 0.6) is 0 Å². The minimum absolute atomic E-state index is 0.190. The Morgan fingerprint density at radius 1 is 1.12 bits per heavy atom. The number of nitrogens with one attached hydrogen (secondary N) is 1. The van der Waals surface area contributed by atoms with Crippen LogP contribution in [0, 0.1) is 5.41 Å². The van der Waals surface area contributed by atoms with Gasteiger partial charge in [0.25, 0.3) is 5.56 Å². The number of nitrogens with zero attached hydrogens (tertiary/aromatic N) is 1. The Bertz CT molecular complexity index is 726. The highest BCUT2D eigenvalue weighted by Crippen LogP contribution is 2.26. The molecular formula is C19H25N3O2. The van der Waals surface area contributed by atoms with Gasteiger partial charge < -0.3 is 15.6 Å². The van der Waals surface area contributed by atoms with Crippen molar-refractivity contribution in [2.75, 3.05) is 11.9 Å². The topological polar surface area (TPSA) is 77.1 Å². The third-order valence-electron chi connectivity index (χ3n) is 4.69. The van der Waals surface area contributed by atoms with Crippen molar-refractivity contribution in [2.45, 2.75) is 33.2 Å². The number of hydrogen-bond acceptors (Lipinski definition) is 3. The van der Waals surface area contributed by atoms with Crippen LogP contribution in [0.2, 0.25) is 0 Å². The third kappa shape index (κ3) is 3.74. The lowest BCUT2D eigenvalue weighted by Crippen LogP contribution is -2.42. The molecule has 0 aliphatic rings. The van der Waals surface area contributed by atoms with Gasteiger partial charge in [0.2, 0.25) is 5.91 Å². The molecule has 5 heteroatoms. The molecule has 0 atom stereocenters. The quantitative estimate of drug-likeness (QED) is 0.820. The molecule has 0 bridgehead atoms. The second-order valence-electron chi connectivity index (χ2n) is 5.99. The van der Waals surface area contributed by atoms with Crippen LogP contribution in [-0.4, -0.2) is 17.0 Å². The van der Waals surface area contributed by atoms with Crippen LogP contribution in [0.3, 0.4) is 0 Å². The number of hydrogen-bond donors (Lipinski definition) is 2. The molecule has 1 aromatic heterocycles. The molecule has 1 aromatic carbocycles. The first-order valence-corrected chi connectivity index (χ1v) is 8.31. The van der Waals surface area contributed by atoms with Crippen molar-refractivity contribution in [1.82, 2.24) is 4.57 Å². The molecular weight excluding hydrogens is 302 g/mol. The monoisotopic (exact) mass is 327 g/mol. The van der Waals surface area contributed by atoms with Crippen LogP contribution in [0.4, 0.5) is 5.69 Å². The van der Waals surface area contributed by atoms with Crippen LogP contribution >= 0.6 is 0 Å². The Morgan fingerprint density at radius 3 is 2.38 bits per heavy atom. The van der Waals surface area contributed by atoms with Crippen LogP contribution in [0.15, 0.2) is 53.5 Å². The summed E-state index contributed by atoms with van der Waals surface area (Å²) < 4.78 is 1.59. The Balaban J connectivity index is 2.25. The molecule has 1 heterocycles. The van der Waals surface area contributed by atoms with E-state index in [1.165, 1.54) is 0 Å². The number of pyridine rings is 1. The van der Waals surface area contributed by atoms with Crippen molar-refractivity contribution in [3.8, 4) is 0 Å². The SMILES string of the molecule is CCC(CC)(CN)C(=O)Nc1cccn(Cc2ccccc2)c1=O. The Hall–Kier alpha value is -2.40. The summed E-state index contributed by atoms with van der Waals surface area (Å²) in [6.07, 6.45) is 2.99. The number of anilines is 1. The maximum atomic E-state index is 12.6. The lowest BCUT2D eigenvalue weighted by Gasteiger charge is -2.28. The molecule has 0 saturated carbocycles. The standard InChI is InChI=1S/C19H25N3O2/c1-3-19(4-2,14-20)18(24)21-16-11-8-12-22(17(16)23)13-15-9-6-5-7-10-15/h5-12H,3-4,13-14,20H2,1-2H3,(H,21,24). The van der Waals surface area contributed by atoms with Crippen molar-refractivity contribution in [3.63, 3.8) is 0 Å². The Labute approximate surface area is 142 Å². The Kier molecular flexibility index (Phi) is 5.93. The summed E-state index contributed by atoms with van der Waals surface area (Å²) in [7, 11) is 0. The molecule has 0 aliphatic heterocycles. The molecule has 0 fully saturated rings. The summed E-state index contributed by atoms with van der Waals surface area (Å²) in [6.45, 7) is 4.60. The maximum Gasteiger partial charge on any atom is 0.274 e. The van der Waals surface area contributed by atoms with E-state index in [0.717, 1.165) is 5.56 Å². The molecule has 0 radical (unpaired) electrons. The van der Waals surface area contributed by atoms with E-state index < -0.39 is 5.41 Å². The van der Waals surface area contributed by atoms with Gasteiger partial charge in [-0.25, -0.2) is 0 Å². The summed E-state index contributed by atoms with van der Waals surface area (Å²) in [4.78, 5) is 25.2. The zero-order chi connectivity index (χ0) is 17.6. The molecule has 2 rings (SSSR count). The first kappa shape index (κ1) is 17.9. The number of rotatable bonds is 7. The highest BCUT2D eigenvalue weighted by atomic mass is 16.2. The molecule has 128 valence electrons. The van der Waals surface area contributed by atoms with Crippen molar-refractivity contribution < 1.29 is 4.79 Å². The Morgan fingerprint density at radius 2 is 1.79 bits per heavy atom. The predicted octanol–water partition coefficient (Wildman–Crippen LogP) is 2.60. The third-order valence-corrected chi connectivity index (χ3v) is 4.69. The van der Waals surface area contributed by atoms with Gasteiger partial charge in [0.15, 0.2) is 0 Å². The van der Waals surface area contributed by atoms with Gasteiger partial charge in [0.05, 0.1) is 12.0 Å². The minimum atomic E-state index is -0.632. The second kappa shape index (κ2) is 7.93. The molecule has 3 N–H and O–H groups in total. The zero-order valence-electron chi connectivity index (χ0n) is 14.3. The average Bonchev–Trinajstić information content (AvgIpc) is 2.61. The van der Waals surface area contributed by atoms with Gasteiger partial charge in [0, 0.05) is 12.7 Å². The smallest absolute Gasteiger partial charge is 0.274 e. The molecule has 24 heavy (non-hydrogen) atoms. The van der Waals surface area contributed by atoms with Crippen LogP contribution in [-0.2, 0) is 11.3 Å². The summed E-state index contributed by atoms with van der Waals surface area (Å²) in [6, 6.07) is 13.1. The van der Waals surface area contributed by atoms with Crippen molar-refractivity contribution in [2.24, 2.45) is 11.1 Å². The zero-order valence-corrected chi connectivity index (χ0v) is 14.3. The van der Waals surface area contributed by atoms with E-state index in [1.54, 1.807) is 22.9 Å². The first-order chi connectivity index (χ1) is 11.6. The summed E-state index contributed by atoms with van der Waals surface area (Å²) in [5.74, 6) is -0.190. The maximum absolute atomic E-state index is 12.6. The largest absolute Gasteiger partial charge is 0.329 e. The van der Waals surface area contributed by atoms with E-state index in [0.29, 0.717) is 19.4 Å². The van der Waals surface area contributed by atoms with E-state index in [9.17, 15) is 9.59 Å². The number of benzene rings is 1. The molecule has 2 aromatic rings. The lowest BCUT2D eigenvalue weighted by atomic mass is 9.81. The van der Waals surface area contributed by atoms with E-state index >= 15 is 0 Å². The van der Waals surface area contributed by atoms with Gasteiger partial charge in [-0.3, -0.25) is 9.59 Å². The van der Waals surface area contributed by atoms with Gasteiger partial charge in [-0.05, 0) is 30.5 Å². The van der Waals surface area contributed by atoms with E-state index in [2.05, 4.69) is 5.32 Å². The normalized spacial score (nSPS) is 11.3. The van der Waals surface area contributed by atoms with E-state index in [-0.39, 0.29) is 23.7 Å². The fourth-order valence-electron chi connectivity index (χ4n) is 2.74. The summed E-state index contributed by atoms with van der Waals surface area (Å²) in [5, 5.41) is 2.78. The molecule has 0 unspecified atom stereocenters. The van der Waals surface area contributed by atoms with Crippen LogP contribution in [0.25, 0.3) is 0 Å². The van der Waals surface area contributed by atoms with Gasteiger partial charge in [-0.1, -0.05) is 44.2 Å². The molecule has 0 aliphatic carbocycles.